The Balaban J connectivity index is 3.10. The molecule has 18 heavy (non-hydrogen) atoms. The van der Waals surface area contributed by atoms with Crippen molar-refractivity contribution in [3.05, 3.63) is 0 Å². The summed E-state index contributed by atoms with van der Waals surface area (Å²) in [5.41, 5.74) is 0. The Morgan fingerprint density at radius 3 is 1.83 bits per heavy atom. The maximum atomic E-state index is 10.9. The summed E-state index contributed by atoms with van der Waals surface area (Å²) in [6, 6.07) is 0. The van der Waals surface area contributed by atoms with Crippen LogP contribution in [0.5, 0.6) is 0 Å². The van der Waals surface area contributed by atoms with E-state index in [9.17, 15) is 4.57 Å². The Kier molecular flexibility index (Phi) is 13.1. The number of unbranched alkanes of at least 4 members (excludes halogenated alkanes) is 9. The van der Waals surface area contributed by atoms with Crippen molar-refractivity contribution in [3.8, 4) is 0 Å². The van der Waals surface area contributed by atoms with Crippen LogP contribution in [0.25, 0.3) is 0 Å². The second-order valence-electron chi connectivity index (χ2n) is 4.55. The third-order valence-electron chi connectivity index (χ3n) is 2.83. The van der Waals surface area contributed by atoms with E-state index in [0.29, 0.717) is 0 Å². The van der Waals surface area contributed by atoms with Gasteiger partial charge in [0.15, 0.2) is 0 Å². The van der Waals surface area contributed by atoms with Gasteiger partial charge in [-0.25, -0.2) is 0 Å². The van der Waals surface area contributed by atoms with Gasteiger partial charge in [0.25, 0.3) is 0 Å². The van der Waals surface area contributed by atoms with Crippen molar-refractivity contribution in [2.24, 2.45) is 0 Å². The molecule has 0 heterocycles. The number of hydrogen-bond acceptors (Lipinski definition) is 3. The third kappa shape index (κ3) is 13.1. The molecule has 0 fully saturated rings. The molecule has 0 amide bonds. The van der Waals surface area contributed by atoms with Crippen LogP contribution >= 0.6 is 7.82 Å². The quantitative estimate of drug-likeness (QED) is 0.308. The first-order valence-corrected chi connectivity index (χ1v) is 8.83. The molecule has 1 unspecified atom stereocenters. The van der Waals surface area contributed by atoms with Crippen LogP contribution in [0.15, 0.2) is 0 Å². The Bertz CT molecular complexity index is 226. The van der Waals surface area contributed by atoms with E-state index in [1.807, 2.05) is 0 Å². The van der Waals surface area contributed by atoms with E-state index in [2.05, 4.69) is 31.4 Å². The summed E-state index contributed by atoms with van der Waals surface area (Å²) in [5.74, 6) is 0. The van der Waals surface area contributed by atoms with Crippen molar-refractivity contribution in [3.63, 3.8) is 0 Å². The average Bonchev–Trinajstić information content (AvgIpc) is 2.36. The maximum absolute atomic E-state index is 10.9. The van der Waals surface area contributed by atoms with Crippen LogP contribution in [0.3, 0.4) is 0 Å². The molecule has 0 saturated carbocycles. The zero-order valence-electron chi connectivity index (χ0n) is 11.3. The first kappa shape index (κ1) is 18.6. The molecule has 0 aromatic heterocycles. The molecule has 0 rings (SSSR count). The van der Waals surface area contributed by atoms with Crippen LogP contribution in [0, 0.1) is 0 Å². The predicted octanol–water partition coefficient (Wildman–Crippen LogP) is 4.50. The van der Waals surface area contributed by atoms with Crippen molar-refractivity contribution in [1.29, 1.82) is 0 Å². The van der Waals surface area contributed by atoms with Crippen LogP contribution in [0.1, 0.15) is 71.1 Å². The zero-order chi connectivity index (χ0) is 13.7. The summed E-state index contributed by atoms with van der Waals surface area (Å²) in [6.07, 6.45) is 12.2. The molecule has 111 valence electrons. The van der Waals surface area contributed by atoms with Gasteiger partial charge in [-0.15, -0.1) is 0 Å². The van der Waals surface area contributed by atoms with Gasteiger partial charge in [-0.3, -0.25) is 0 Å². The van der Waals surface area contributed by atoms with Gasteiger partial charge in [0.05, 0.1) is 0 Å². The van der Waals surface area contributed by atoms with Gasteiger partial charge in [-0.05, 0) is 0 Å². The first-order chi connectivity index (χ1) is 8.62. The van der Waals surface area contributed by atoms with E-state index in [4.69, 9.17) is 4.89 Å². The molecular weight excluding hydrogens is 295 g/mol. The van der Waals surface area contributed by atoms with Gasteiger partial charge in [0.1, 0.15) is 0 Å². The molecule has 6 heteroatoms. The predicted molar refractivity (Wildman–Crippen MR) is 68.7 cm³/mol. The van der Waals surface area contributed by atoms with Gasteiger partial charge >= 0.3 is 99.7 Å². The average molecular weight is 321 g/mol. The first-order valence-electron chi connectivity index (χ1n) is 6.89. The second kappa shape index (κ2) is 12.7. The van der Waals surface area contributed by atoms with Crippen LogP contribution in [-0.2, 0) is 29.0 Å². The standard InChI is InChI=1S/C12H27O4P.Fe/c1-2-3-4-5-6-7-8-9-10-11-12-16-17(13,14)15;/h2-12H2,1H3,(H2,13,14,15);/q;+1/p-1. The molecule has 0 aromatic rings. The molecular formula is C12H26FeO4P. The number of rotatable bonds is 13. The van der Waals surface area contributed by atoms with Crippen LogP contribution in [0.4, 0.5) is 0 Å². The van der Waals surface area contributed by atoms with Crippen LogP contribution in [-0.4, -0.2) is 11.5 Å². The second-order valence-corrected chi connectivity index (χ2v) is 6.48. The Labute approximate surface area is 120 Å². The topological polar surface area (TPSA) is 55.8 Å². The van der Waals surface area contributed by atoms with Gasteiger partial charge < -0.3 is 0 Å². The Morgan fingerprint density at radius 1 is 0.944 bits per heavy atom. The van der Waals surface area contributed by atoms with E-state index in [1.165, 1.54) is 44.9 Å². The molecule has 0 aliphatic carbocycles. The SMILES string of the molecule is CCCCCCCCCCCCOP(=O)(O)[O][Fe]. The molecule has 0 aliphatic heterocycles. The van der Waals surface area contributed by atoms with Crippen LogP contribution < -0.4 is 0 Å². The fourth-order valence-electron chi connectivity index (χ4n) is 1.79. The van der Waals surface area contributed by atoms with Crippen LogP contribution in [0.2, 0.25) is 0 Å². The molecule has 0 bridgehead atoms. The zero-order valence-corrected chi connectivity index (χ0v) is 13.2. The fraction of sp³-hybridized carbons (Fsp3) is 1.00. The Hall–Kier alpha value is 0.629. The summed E-state index contributed by atoms with van der Waals surface area (Å²) in [5, 5.41) is 0. The molecule has 4 nitrogen and oxygen atoms in total. The number of phosphoric ester groups is 1. The summed E-state index contributed by atoms with van der Waals surface area (Å²) in [6.45, 7) is 2.49. The minimum absolute atomic E-state index is 0.264. The van der Waals surface area contributed by atoms with Gasteiger partial charge in [-0.1, -0.05) is 19.8 Å². The van der Waals surface area contributed by atoms with Gasteiger partial charge in [-0.2, -0.15) is 0 Å². The third-order valence-corrected chi connectivity index (χ3v) is 4.27. The minimum atomic E-state index is -3.86. The summed E-state index contributed by atoms with van der Waals surface area (Å²) in [7, 11) is -3.86. The van der Waals surface area contributed by atoms with E-state index in [0.717, 1.165) is 19.3 Å². The van der Waals surface area contributed by atoms with Gasteiger partial charge in [0, 0.05) is 0 Å². The Morgan fingerprint density at radius 2 is 1.39 bits per heavy atom. The van der Waals surface area contributed by atoms with E-state index in [-0.39, 0.29) is 6.61 Å². The molecule has 0 aromatic carbocycles. The van der Waals surface area contributed by atoms with E-state index < -0.39 is 7.82 Å². The van der Waals surface area contributed by atoms with Crippen molar-refractivity contribution < 1.29 is 33.9 Å². The van der Waals surface area contributed by atoms with E-state index in [1.54, 1.807) is 0 Å². The van der Waals surface area contributed by atoms with E-state index >= 15 is 0 Å². The monoisotopic (exact) mass is 321 g/mol. The van der Waals surface area contributed by atoms with Crippen molar-refractivity contribution >= 4 is 7.82 Å². The summed E-state index contributed by atoms with van der Waals surface area (Å²) < 4.78 is 19.6. The van der Waals surface area contributed by atoms with Crippen molar-refractivity contribution in [2.75, 3.05) is 6.61 Å². The number of hydrogen-bond donors (Lipinski definition) is 1. The molecule has 0 aliphatic rings. The molecule has 0 radical (unpaired) electrons. The van der Waals surface area contributed by atoms with Crippen molar-refractivity contribution in [2.45, 2.75) is 71.1 Å². The van der Waals surface area contributed by atoms with Gasteiger partial charge in [0.2, 0.25) is 0 Å². The normalized spacial score (nSPS) is 14.6. The number of phosphoric acid groups is 1. The molecule has 0 saturated heterocycles. The fourth-order valence-corrected chi connectivity index (χ4v) is 2.36. The molecule has 0 spiro atoms. The summed E-state index contributed by atoms with van der Waals surface area (Å²) >= 11 is 2.89. The van der Waals surface area contributed by atoms with Crippen molar-refractivity contribution in [1.82, 2.24) is 0 Å². The molecule has 1 atom stereocenters. The summed E-state index contributed by atoms with van der Waals surface area (Å²) in [4.78, 5) is 8.92. The molecule has 1 N–H and O–H groups in total.